The zero-order valence-corrected chi connectivity index (χ0v) is 4.92. The Labute approximate surface area is 43.7 Å². The molecule has 1 saturated heterocycles. The summed E-state index contributed by atoms with van der Waals surface area (Å²) < 4.78 is 0. The summed E-state index contributed by atoms with van der Waals surface area (Å²) in [5, 5.41) is 0. The molecule has 0 radical (unpaired) electrons. The maximum absolute atomic E-state index is 2.20. The SMILES string of the molecule is CSB1CCC1. The van der Waals surface area contributed by atoms with Crippen molar-refractivity contribution in [1.82, 2.24) is 0 Å². The molecule has 0 saturated carbocycles. The Balaban J connectivity index is 2.01. The minimum absolute atomic E-state index is 1.03. The highest BCUT2D eigenvalue weighted by Crippen LogP contribution is 2.26. The van der Waals surface area contributed by atoms with Gasteiger partial charge in [0.1, 0.15) is 0 Å². The summed E-state index contributed by atoms with van der Waals surface area (Å²) in [6.45, 7) is 0. The molecule has 0 atom stereocenters. The van der Waals surface area contributed by atoms with Crippen LogP contribution in [0.1, 0.15) is 6.42 Å². The summed E-state index contributed by atoms with van der Waals surface area (Å²) in [6, 6.07) is 0. The van der Waals surface area contributed by atoms with Crippen molar-refractivity contribution in [3.8, 4) is 0 Å². The van der Waals surface area contributed by atoms with Crippen molar-refractivity contribution in [2.45, 2.75) is 19.1 Å². The topological polar surface area (TPSA) is 0 Å². The van der Waals surface area contributed by atoms with Crippen molar-refractivity contribution in [2.75, 3.05) is 6.26 Å². The molecule has 0 aliphatic carbocycles. The third kappa shape index (κ3) is 0.727. The molecule has 2 heteroatoms. The van der Waals surface area contributed by atoms with Crippen molar-refractivity contribution in [3.05, 3.63) is 0 Å². The highest BCUT2D eigenvalue weighted by atomic mass is 32.2. The Hall–Kier alpha value is 0.415. The first-order valence-electron chi connectivity index (χ1n) is 2.46. The summed E-state index contributed by atoms with van der Waals surface area (Å²) >= 11 is 2.01. The van der Waals surface area contributed by atoms with Crippen molar-refractivity contribution in [3.63, 3.8) is 0 Å². The highest BCUT2D eigenvalue weighted by Gasteiger charge is 2.19. The molecule has 1 heterocycles. The fraction of sp³-hybridized carbons (Fsp3) is 1.00. The van der Waals surface area contributed by atoms with Gasteiger partial charge in [-0.1, -0.05) is 19.1 Å². The van der Waals surface area contributed by atoms with E-state index in [9.17, 15) is 0 Å². The van der Waals surface area contributed by atoms with Gasteiger partial charge < -0.3 is 0 Å². The normalized spacial score (nSPS) is 20.5. The van der Waals surface area contributed by atoms with Crippen LogP contribution in [0.15, 0.2) is 0 Å². The van der Waals surface area contributed by atoms with Crippen LogP contribution in [0.2, 0.25) is 12.6 Å². The third-order valence-electron chi connectivity index (χ3n) is 1.39. The van der Waals surface area contributed by atoms with Crippen LogP contribution >= 0.6 is 11.6 Å². The molecule has 0 nitrogen and oxygen atoms in total. The van der Waals surface area contributed by atoms with Gasteiger partial charge in [-0.15, -0.1) is 0 Å². The highest BCUT2D eigenvalue weighted by molar-refractivity contribution is 8.25. The van der Waals surface area contributed by atoms with E-state index in [1.807, 2.05) is 11.6 Å². The zero-order valence-electron chi connectivity index (χ0n) is 4.11. The van der Waals surface area contributed by atoms with Crippen molar-refractivity contribution in [1.29, 1.82) is 0 Å². The Morgan fingerprint density at radius 2 is 2.17 bits per heavy atom. The lowest BCUT2D eigenvalue weighted by Gasteiger charge is -2.18. The summed E-state index contributed by atoms with van der Waals surface area (Å²) in [6.07, 6.45) is 6.62. The first kappa shape index (κ1) is 4.57. The van der Waals surface area contributed by atoms with Crippen LogP contribution in [0.25, 0.3) is 0 Å². The van der Waals surface area contributed by atoms with E-state index in [0.29, 0.717) is 0 Å². The molecule has 0 unspecified atom stereocenters. The standard InChI is InChI=1S/C4H9BS/c1-6-5-3-2-4-5/h2-4H2,1H3. The largest absolute Gasteiger partial charge is 0.213 e. The van der Waals surface area contributed by atoms with E-state index in [4.69, 9.17) is 0 Å². The Morgan fingerprint density at radius 3 is 2.17 bits per heavy atom. The molecule has 1 aliphatic heterocycles. The van der Waals surface area contributed by atoms with Crippen molar-refractivity contribution >= 4 is 17.6 Å². The second kappa shape index (κ2) is 1.92. The molecule has 1 aliphatic rings. The fourth-order valence-electron chi connectivity index (χ4n) is 0.606. The van der Waals surface area contributed by atoms with E-state index in [1.54, 1.807) is 0 Å². The Morgan fingerprint density at radius 1 is 1.50 bits per heavy atom. The molecular weight excluding hydrogens is 90.9 g/mol. The predicted molar refractivity (Wildman–Crippen MR) is 33.5 cm³/mol. The second-order valence-corrected chi connectivity index (χ2v) is 2.93. The first-order chi connectivity index (χ1) is 2.93. The van der Waals surface area contributed by atoms with Crippen LogP contribution in [0.5, 0.6) is 0 Å². The van der Waals surface area contributed by atoms with E-state index < -0.39 is 0 Å². The van der Waals surface area contributed by atoms with Gasteiger partial charge >= 0.3 is 0 Å². The fourth-order valence-corrected chi connectivity index (χ4v) is 1.41. The molecule has 0 N–H and O–H groups in total. The van der Waals surface area contributed by atoms with Gasteiger partial charge in [0.15, 0.2) is 0 Å². The predicted octanol–water partition coefficient (Wildman–Crippen LogP) is 1.74. The molecule has 0 aromatic carbocycles. The van der Waals surface area contributed by atoms with E-state index in [1.165, 1.54) is 19.1 Å². The minimum Gasteiger partial charge on any atom is -0.213 e. The maximum atomic E-state index is 2.20. The van der Waals surface area contributed by atoms with Crippen LogP contribution < -0.4 is 0 Å². The van der Waals surface area contributed by atoms with Gasteiger partial charge in [0.25, 0.3) is 0 Å². The van der Waals surface area contributed by atoms with Gasteiger partial charge in [-0.2, -0.15) is 0 Å². The summed E-state index contributed by atoms with van der Waals surface area (Å²) in [7, 11) is 0. The van der Waals surface area contributed by atoms with Crippen molar-refractivity contribution < 1.29 is 0 Å². The molecule has 34 valence electrons. The van der Waals surface area contributed by atoms with Gasteiger partial charge in [-0.05, 0) is 6.26 Å². The molecular formula is C4H9BS. The number of hydrogen-bond acceptors (Lipinski definition) is 1. The average Bonchev–Trinajstić information content (AvgIpc) is 1.31. The van der Waals surface area contributed by atoms with Crippen molar-refractivity contribution in [2.24, 2.45) is 0 Å². The summed E-state index contributed by atoms with van der Waals surface area (Å²) in [5.74, 6) is 1.03. The van der Waals surface area contributed by atoms with Crippen LogP contribution in [-0.2, 0) is 0 Å². The molecule has 1 rings (SSSR count). The van der Waals surface area contributed by atoms with Crippen LogP contribution in [0.4, 0.5) is 0 Å². The molecule has 0 aromatic rings. The smallest absolute Gasteiger partial charge is 0.209 e. The van der Waals surface area contributed by atoms with Crippen LogP contribution in [0.3, 0.4) is 0 Å². The Kier molecular flexibility index (Phi) is 1.46. The maximum Gasteiger partial charge on any atom is 0.209 e. The number of rotatable bonds is 1. The molecule has 0 spiro atoms. The lowest BCUT2D eigenvalue weighted by Crippen LogP contribution is -2.15. The monoisotopic (exact) mass is 100 g/mol. The lowest BCUT2D eigenvalue weighted by atomic mass is 9.55. The first-order valence-corrected chi connectivity index (χ1v) is 3.75. The average molecular weight is 100.0 g/mol. The van der Waals surface area contributed by atoms with E-state index in [-0.39, 0.29) is 0 Å². The molecule has 0 aromatic heterocycles. The van der Waals surface area contributed by atoms with Crippen LogP contribution in [-0.4, -0.2) is 12.2 Å². The van der Waals surface area contributed by atoms with E-state index in [0.717, 1.165) is 5.99 Å². The van der Waals surface area contributed by atoms with Gasteiger partial charge in [0, 0.05) is 0 Å². The molecule has 0 bridgehead atoms. The van der Waals surface area contributed by atoms with Gasteiger partial charge in [-0.3, -0.25) is 0 Å². The quantitative estimate of drug-likeness (QED) is 0.452. The summed E-state index contributed by atoms with van der Waals surface area (Å²) in [4.78, 5) is 0. The summed E-state index contributed by atoms with van der Waals surface area (Å²) in [5.41, 5.74) is 0. The van der Waals surface area contributed by atoms with Gasteiger partial charge in [-0.25, -0.2) is 11.6 Å². The minimum atomic E-state index is 1.03. The lowest BCUT2D eigenvalue weighted by molar-refractivity contribution is 0.963. The third-order valence-corrected chi connectivity index (χ3v) is 2.52. The van der Waals surface area contributed by atoms with Crippen LogP contribution in [0, 0.1) is 0 Å². The second-order valence-electron chi connectivity index (χ2n) is 1.79. The molecule has 1 fully saturated rings. The number of hydrogen-bond donors (Lipinski definition) is 0. The molecule has 0 amide bonds. The zero-order chi connectivity index (χ0) is 4.41. The Bertz CT molecular complexity index is 40.1. The van der Waals surface area contributed by atoms with E-state index >= 15 is 0 Å². The van der Waals surface area contributed by atoms with E-state index in [2.05, 4.69) is 6.26 Å². The van der Waals surface area contributed by atoms with Gasteiger partial charge in [0.05, 0.1) is 0 Å². The van der Waals surface area contributed by atoms with Gasteiger partial charge in [0.2, 0.25) is 5.99 Å². The molecule has 6 heavy (non-hydrogen) atoms.